The van der Waals surface area contributed by atoms with E-state index >= 15 is 0 Å². The minimum Gasteiger partial charge on any atom is -0.497 e. The van der Waals surface area contributed by atoms with E-state index in [2.05, 4.69) is 29.6 Å². The summed E-state index contributed by atoms with van der Waals surface area (Å²) in [5, 5.41) is 3.61. The van der Waals surface area contributed by atoms with Gasteiger partial charge in [0.1, 0.15) is 11.6 Å². The molecule has 4 rings (SSSR count). The SMILES string of the molecule is CC.CC.COC(=O)C[C@H](c1cccc(NCC2CCC(c3cc(OC)ccc3F)CC2)c1)C1CC1.[HH]. The zero-order chi connectivity index (χ0) is 26.5. The van der Waals surface area contributed by atoms with Crippen LogP contribution in [0.1, 0.15) is 97.0 Å². The van der Waals surface area contributed by atoms with Crippen LogP contribution in [0.25, 0.3) is 0 Å². The van der Waals surface area contributed by atoms with Gasteiger partial charge in [-0.2, -0.15) is 0 Å². The highest BCUT2D eigenvalue weighted by molar-refractivity contribution is 5.70. The first-order valence-corrected chi connectivity index (χ1v) is 13.8. The zero-order valence-corrected chi connectivity index (χ0v) is 23.1. The molecule has 4 nitrogen and oxygen atoms in total. The van der Waals surface area contributed by atoms with Gasteiger partial charge in [-0.1, -0.05) is 39.8 Å². The molecule has 2 saturated carbocycles. The molecule has 5 heteroatoms. The molecule has 2 aliphatic carbocycles. The summed E-state index contributed by atoms with van der Waals surface area (Å²) in [6, 6.07) is 13.6. The van der Waals surface area contributed by atoms with E-state index < -0.39 is 0 Å². The van der Waals surface area contributed by atoms with Crippen LogP contribution in [0.15, 0.2) is 42.5 Å². The van der Waals surface area contributed by atoms with Crippen molar-refractivity contribution in [1.29, 1.82) is 0 Å². The molecule has 202 valence electrons. The number of benzene rings is 2. The van der Waals surface area contributed by atoms with Crippen molar-refractivity contribution < 1.29 is 20.1 Å². The fraction of sp³-hybridized carbons (Fsp3) is 0.581. The highest BCUT2D eigenvalue weighted by Crippen LogP contribution is 2.45. The molecule has 0 amide bonds. The third kappa shape index (κ3) is 8.53. The smallest absolute Gasteiger partial charge is 0.306 e. The minimum atomic E-state index is -0.135. The Kier molecular flexibility index (Phi) is 12.8. The highest BCUT2D eigenvalue weighted by Gasteiger charge is 2.34. The van der Waals surface area contributed by atoms with E-state index in [9.17, 15) is 9.18 Å². The van der Waals surface area contributed by atoms with Crippen LogP contribution in [0.4, 0.5) is 10.1 Å². The molecular formula is C31H48FNO3. The highest BCUT2D eigenvalue weighted by atomic mass is 19.1. The summed E-state index contributed by atoms with van der Waals surface area (Å²) in [6.45, 7) is 8.92. The zero-order valence-electron chi connectivity index (χ0n) is 23.1. The Labute approximate surface area is 219 Å². The van der Waals surface area contributed by atoms with Gasteiger partial charge in [0, 0.05) is 13.7 Å². The molecule has 1 N–H and O–H groups in total. The van der Waals surface area contributed by atoms with Crippen molar-refractivity contribution in [3.63, 3.8) is 0 Å². The molecule has 0 spiro atoms. The summed E-state index contributed by atoms with van der Waals surface area (Å²) in [7, 11) is 3.08. The predicted octanol–water partition coefficient (Wildman–Crippen LogP) is 8.58. The van der Waals surface area contributed by atoms with Gasteiger partial charge in [0.2, 0.25) is 0 Å². The monoisotopic (exact) mass is 501 g/mol. The summed E-state index contributed by atoms with van der Waals surface area (Å²) in [6.07, 6.45) is 7.00. The Hall–Kier alpha value is -2.56. The summed E-state index contributed by atoms with van der Waals surface area (Å²) in [4.78, 5) is 11.9. The Morgan fingerprint density at radius 3 is 2.31 bits per heavy atom. The van der Waals surface area contributed by atoms with Crippen molar-refractivity contribution in [3.05, 3.63) is 59.4 Å². The lowest BCUT2D eigenvalue weighted by Gasteiger charge is -2.29. The van der Waals surface area contributed by atoms with Gasteiger partial charge in [0.25, 0.3) is 0 Å². The number of hydrogen-bond donors (Lipinski definition) is 1. The van der Waals surface area contributed by atoms with Crippen molar-refractivity contribution in [2.75, 3.05) is 26.1 Å². The molecule has 36 heavy (non-hydrogen) atoms. The number of carbonyl (C=O) groups excluding carboxylic acids is 1. The van der Waals surface area contributed by atoms with Crippen LogP contribution in [0, 0.1) is 17.7 Å². The molecule has 0 aliphatic heterocycles. The van der Waals surface area contributed by atoms with Crippen LogP contribution < -0.4 is 10.1 Å². The average Bonchev–Trinajstić information content (AvgIpc) is 3.79. The van der Waals surface area contributed by atoms with Crippen LogP contribution in [0.3, 0.4) is 0 Å². The second-order valence-electron chi connectivity index (χ2n) is 9.34. The number of halogens is 1. The van der Waals surface area contributed by atoms with Crippen molar-refractivity contribution in [3.8, 4) is 5.75 Å². The number of carbonyl (C=O) groups is 1. The molecule has 2 fully saturated rings. The van der Waals surface area contributed by atoms with Crippen molar-refractivity contribution in [2.45, 2.75) is 84.5 Å². The first-order chi connectivity index (χ1) is 17.6. The van der Waals surface area contributed by atoms with Crippen LogP contribution >= 0.6 is 0 Å². The lowest BCUT2D eigenvalue weighted by molar-refractivity contribution is -0.141. The fourth-order valence-corrected chi connectivity index (χ4v) is 5.10. The number of rotatable bonds is 9. The van der Waals surface area contributed by atoms with E-state index in [0.29, 0.717) is 18.3 Å². The van der Waals surface area contributed by atoms with Gasteiger partial charge in [-0.3, -0.25) is 4.79 Å². The molecule has 0 saturated heterocycles. The predicted molar refractivity (Wildman–Crippen MR) is 149 cm³/mol. The van der Waals surface area contributed by atoms with Crippen molar-refractivity contribution in [1.82, 2.24) is 0 Å². The number of methoxy groups -OCH3 is 2. The number of esters is 1. The Morgan fingerprint density at radius 2 is 1.69 bits per heavy atom. The fourth-order valence-electron chi connectivity index (χ4n) is 5.10. The maximum atomic E-state index is 14.3. The standard InChI is InChI=1S/C27H34FNO3.2C2H6.H2/c1-31-23-12-13-26(28)25(15-23)20-8-6-18(7-9-20)17-29-22-5-3-4-21(14-22)24(19-10-11-19)16-27(30)32-2;2*1-2;/h3-5,12-15,18-20,24,29H,6-11,16-17H2,1-2H3;2*1-2H3;1H/t18?,20?,24-;;;/m0.../s1. The first kappa shape index (κ1) is 29.7. The average molecular weight is 502 g/mol. The summed E-state index contributed by atoms with van der Waals surface area (Å²) >= 11 is 0. The molecule has 2 aromatic carbocycles. The van der Waals surface area contributed by atoms with Gasteiger partial charge in [-0.25, -0.2) is 4.39 Å². The van der Waals surface area contributed by atoms with Gasteiger partial charge in [0.05, 0.1) is 20.6 Å². The summed E-state index contributed by atoms with van der Waals surface area (Å²) in [5.41, 5.74) is 3.12. The molecule has 2 aliphatic rings. The first-order valence-electron chi connectivity index (χ1n) is 13.8. The molecular weight excluding hydrogens is 453 g/mol. The van der Waals surface area contributed by atoms with Crippen molar-refractivity contribution >= 4 is 11.7 Å². The van der Waals surface area contributed by atoms with Gasteiger partial charge in [-0.05, 0) is 104 Å². The van der Waals surface area contributed by atoms with E-state index in [4.69, 9.17) is 9.47 Å². The van der Waals surface area contributed by atoms with E-state index in [1.807, 2.05) is 33.8 Å². The number of nitrogens with one attached hydrogen (secondary N) is 1. The Balaban J connectivity index is 0.00000131. The molecule has 0 bridgehead atoms. The van der Waals surface area contributed by atoms with Gasteiger partial charge < -0.3 is 14.8 Å². The third-order valence-electron chi connectivity index (χ3n) is 7.20. The second kappa shape index (κ2) is 15.5. The van der Waals surface area contributed by atoms with E-state index in [1.165, 1.54) is 31.6 Å². The number of hydrogen-bond acceptors (Lipinski definition) is 4. The molecule has 0 heterocycles. The topological polar surface area (TPSA) is 47.6 Å². The molecule has 0 aromatic heterocycles. The molecule has 1 atom stereocenters. The summed E-state index contributed by atoms with van der Waals surface area (Å²) in [5.74, 6) is 2.15. The van der Waals surface area contributed by atoms with Crippen LogP contribution in [-0.2, 0) is 9.53 Å². The second-order valence-corrected chi connectivity index (χ2v) is 9.34. The maximum Gasteiger partial charge on any atom is 0.306 e. The number of ether oxygens (including phenoxy) is 2. The van der Waals surface area contributed by atoms with Gasteiger partial charge in [-0.15, -0.1) is 0 Å². The molecule has 2 aromatic rings. The van der Waals surface area contributed by atoms with Gasteiger partial charge >= 0.3 is 5.97 Å². The molecule has 0 radical (unpaired) electrons. The van der Waals surface area contributed by atoms with E-state index in [1.54, 1.807) is 13.2 Å². The van der Waals surface area contributed by atoms with E-state index in [0.717, 1.165) is 49.2 Å². The van der Waals surface area contributed by atoms with Gasteiger partial charge in [0.15, 0.2) is 0 Å². The quantitative estimate of drug-likeness (QED) is 0.350. The normalized spacial score (nSPS) is 19.5. The van der Waals surface area contributed by atoms with Crippen LogP contribution in [-0.4, -0.2) is 26.7 Å². The van der Waals surface area contributed by atoms with Crippen LogP contribution in [0.2, 0.25) is 0 Å². The lowest BCUT2D eigenvalue weighted by atomic mass is 9.78. The summed E-state index contributed by atoms with van der Waals surface area (Å²) < 4.78 is 24.5. The molecule has 0 unspecified atom stereocenters. The third-order valence-corrected chi connectivity index (χ3v) is 7.20. The largest absolute Gasteiger partial charge is 0.497 e. The lowest BCUT2D eigenvalue weighted by Crippen LogP contribution is -2.21. The number of anilines is 1. The maximum absolute atomic E-state index is 14.3. The van der Waals surface area contributed by atoms with Crippen molar-refractivity contribution in [2.24, 2.45) is 11.8 Å². The minimum absolute atomic E-state index is 0. The Bertz CT molecular complexity index is 926. The van der Waals surface area contributed by atoms with E-state index in [-0.39, 0.29) is 25.0 Å². The van der Waals surface area contributed by atoms with Crippen LogP contribution in [0.5, 0.6) is 5.75 Å². The Morgan fingerprint density at radius 1 is 1.00 bits per heavy atom.